The molecule has 0 aliphatic rings. The molecule has 1 aromatic heterocycles. The Kier molecular flexibility index (Phi) is 4.44. The van der Waals surface area contributed by atoms with Crippen molar-refractivity contribution in [1.29, 1.82) is 0 Å². The third kappa shape index (κ3) is 3.14. The molecule has 0 bridgehead atoms. The molecule has 3 rings (SSSR count). The summed E-state index contributed by atoms with van der Waals surface area (Å²) in [5.41, 5.74) is 8.59. The fourth-order valence-electron chi connectivity index (χ4n) is 2.81. The highest BCUT2D eigenvalue weighted by Crippen LogP contribution is 2.27. The molecule has 0 aliphatic heterocycles. The summed E-state index contributed by atoms with van der Waals surface area (Å²) >= 11 is 12.1. The Bertz CT molecular complexity index is 775. The topological polar surface area (TPSA) is 30.9 Å². The molecule has 2 unspecified atom stereocenters. The van der Waals surface area contributed by atoms with Gasteiger partial charge in [-0.3, -0.25) is 0 Å². The van der Waals surface area contributed by atoms with Crippen LogP contribution < -0.4 is 5.73 Å². The fourth-order valence-corrected chi connectivity index (χ4v) is 3.10. The van der Waals surface area contributed by atoms with Gasteiger partial charge in [-0.15, -0.1) is 0 Å². The van der Waals surface area contributed by atoms with E-state index in [1.807, 2.05) is 37.3 Å². The molecule has 1 heterocycles. The molecule has 2 nitrogen and oxygen atoms in total. The van der Waals surface area contributed by atoms with Gasteiger partial charge in [0.05, 0.1) is 6.04 Å². The van der Waals surface area contributed by atoms with Gasteiger partial charge in [-0.1, -0.05) is 41.4 Å². The summed E-state index contributed by atoms with van der Waals surface area (Å²) in [5, 5.41) is 2.66. The van der Waals surface area contributed by atoms with Crippen LogP contribution in [0.25, 0.3) is 10.9 Å². The van der Waals surface area contributed by atoms with Crippen molar-refractivity contribution in [3.8, 4) is 0 Å². The maximum atomic E-state index is 6.25. The Morgan fingerprint density at radius 2 is 1.68 bits per heavy atom. The first kappa shape index (κ1) is 15.4. The summed E-state index contributed by atoms with van der Waals surface area (Å²) in [4.78, 5) is 0. The van der Waals surface area contributed by atoms with Crippen LogP contribution in [0.1, 0.15) is 18.5 Å². The van der Waals surface area contributed by atoms with Gasteiger partial charge in [0.25, 0.3) is 0 Å². The Morgan fingerprint density at radius 1 is 1.00 bits per heavy atom. The quantitative estimate of drug-likeness (QED) is 0.709. The zero-order valence-electron chi connectivity index (χ0n) is 12.3. The van der Waals surface area contributed by atoms with Gasteiger partial charge in [0, 0.05) is 27.8 Å². The number of fused-ring (bicyclic) bond motifs is 1. The molecule has 22 heavy (non-hydrogen) atoms. The van der Waals surface area contributed by atoms with Gasteiger partial charge in [-0.2, -0.15) is 0 Å². The van der Waals surface area contributed by atoms with Gasteiger partial charge < -0.3 is 10.3 Å². The molecule has 3 aromatic rings. The van der Waals surface area contributed by atoms with E-state index in [1.54, 1.807) is 0 Å². The molecular formula is C18H18Cl2N2. The van der Waals surface area contributed by atoms with Crippen molar-refractivity contribution >= 4 is 34.1 Å². The molecule has 0 amide bonds. The van der Waals surface area contributed by atoms with Crippen molar-refractivity contribution in [3.63, 3.8) is 0 Å². The van der Waals surface area contributed by atoms with E-state index in [1.165, 1.54) is 10.9 Å². The van der Waals surface area contributed by atoms with Crippen LogP contribution in [0.5, 0.6) is 0 Å². The number of hydrogen-bond donors (Lipinski definition) is 1. The van der Waals surface area contributed by atoms with E-state index in [0.29, 0.717) is 0 Å². The van der Waals surface area contributed by atoms with Crippen molar-refractivity contribution in [2.75, 3.05) is 0 Å². The SMILES string of the molecule is CC(N)C(Cc1ccc(Cl)cc1)n1ccc2ccc(Cl)cc21. The molecule has 4 heteroatoms. The van der Waals surface area contributed by atoms with Crippen LogP contribution in [0.4, 0.5) is 0 Å². The van der Waals surface area contributed by atoms with Crippen LogP contribution in [0.15, 0.2) is 54.7 Å². The summed E-state index contributed by atoms with van der Waals surface area (Å²) in [6.45, 7) is 2.04. The van der Waals surface area contributed by atoms with Gasteiger partial charge in [0.2, 0.25) is 0 Å². The highest BCUT2D eigenvalue weighted by atomic mass is 35.5. The van der Waals surface area contributed by atoms with Crippen molar-refractivity contribution in [2.24, 2.45) is 5.73 Å². The van der Waals surface area contributed by atoms with Gasteiger partial charge in [-0.25, -0.2) is 0 Å². The summed E-state index contributed by atoms with van der Waals surface area (Å²) in [5.74, 6) is 0. The first-order chi connectivity index (χ1) is 10.5. The Morgan fingerprint density at radius 3 is 2.36 bits per heavy atom. The van der Waals surface area contributed by atoms with E-state index < -0.39 is 0 Å². The van der Waals surface area contributed by atoms with E-state index in [0.717, 1.165) is 22.0 Å². The zero-order valence-corrected chi connectivity index (χ0v) is 13.9. The van der Waals surface area contributed by atoms with Crippen LogP contribution >= 0.6 is 23.2 Å². The summed E-state index contributed by atoms with van der Waals surface area (Å²) in [6.07, 6.45) is 2.94. The molecular weight excluding hydrogens is 315 g/mol. The van der Waals surface area contributed by atoms with Crippen LogP contribution in [0, 0.1) is 0 Å². The minimum absolute atomic E-state index is 0.0188. The molecule has 2 N–H and O–H groups in total. The fraction of sp³-hybridized carbons (Fsp3) is 0.222. The molecule has 2 atom stereocenters. The number of halogens is 2. The molecule has 0 fully saturated rings. The predicted octanol–water partition coefficient (Wildman–Crippen LogP) is 5.08. The average molecular weight is 333 g/mol. The number of aromatic nitrogens is 1. The Hall–Kier alpha value is -1.48. The highest BCUT2D eigenvalue weighted by molar-refractivity contribution is 6.31. The van der Waals surface area contributed by atoms with Gasteiger partial charge in [-0.05, 0) is 54.6 Å². The smallest absolute Gasteiger partial charge is 0.0525 e. The third-order valence-electron chi connectivity index (χ3n) is 4.01. The lowest BCUT2D eigenvalue weighted by Gasteiger charge is -2.24. The van der Waals surface area contributed by atoms with Crippen molar-refractivity contribution in [2.45, 2.75) is 25.4 Å². The van der Waals surface area contributed by atoms with Crippen molar-refractivity contribution < 1.29 is 0 Å². The summed E-state index contributed by atoms with van der Waals surface area (Å²) in [7, 11) is 0. The molecule has 0 spiro atoms. The van der Waals surface area contributed by atoms with Gasteiger partial charge in [0.1, 0.15) is 0 Å². The zero-order chi connectivity index (χ0) is 15.7. The number of nitrogens with zero attached hydrogens (tertiary/aromatic N) is 1. The molecule has 0 radical (unpaired) electrons. The third-order valence-corrected chi connectivity index (χ3v) is 4.49. The summed E-state index contributed by atoms with van der Waals surface area (Å²) in [6, 6.07) is 16.2. The number of hydrogen-bond acceptors (Lipinski definition) is 1. The highest BCUT2D eigenvalue weighted by Gasteiger charge is 2.18. The normalized spacial score (nSPS) is 14.2. The van der Waals surface area contributed by atoms with E-state index in [4.69, 9.17) is 28.9 Å². The van der Waals surface area contributed by atoms with Gasteiger partial charge >= 0.3 is 0 Å². The second kappa shape index (κ2) is 6.33. The molecule has 0 saturated heterocycles. The molecule has 114 valence electrons. The lowest BCUT2D eigenvalue weighted by molar-refractivity contribution is 0.438. The van der Waals surface area contributed by atoms with Crippen LogP contribution in [0.2, 0.25) is 10.0 Å². The Balaban J connectivity index is 1.99. The van der Waals surface area contributed by atoms with Gasteiger partial charge in [0.15, 0.2) is 0 Å². The standard InChI is InChI=1S/C18H18Cl2N2/c1-12(21)17(10-13-2-5-15(19)6-3-13)22-9-8-14-4-7-16(20)11-18(14)22/h2-9,11-12,17H,10,21H2,1H3. The number of rotatable bonds is 4. The maximum Gasteiger partial charge on any atom is 0.0525 e. The van der Waals surface area contributed by atoms with Crippen LogP contribution in [-0.4, -0.2) is 10.6 Å². The molecule has 0 aliphatic carbocycles. The first-order valence-corrected chi connectivity index (χ1v) is 8.06. The lowest BCUT2D eigenvalue weighted by atomic mass is 10.0. The predicted molar refractivity (Wildman–Crippen MR) is 94.8 cm³/mol. The first-order valence-electron chi connectivity index (χ1n) is 7.31. The average Bonchev–Trinajstić information content (AvgIpc) is 2.89. The molecule has 0 saturated carbocycles. The number of nitrogens with two attached hydrogens (primary N) is 1. The maximum absolute atomic E-state index is 6.25. The van der Waals surface area contributed by atoms with Crippen molar-refractivity contribution in [1.82, 2.24) is 4.57 Å². The van der Waals surface area contributed by atoms with Crippen molar-refractivity contribution in [3.05, 3.63) is 70.3 Å². The second-order valence-corrected chi connectivity index (χ2v) is 6.56. The lowest BCUT2D eigenvalue weighted by Crippen LogP contribution is -2.30. The van der Waals surface area contributed by atoms with Crippen LogP contribution in [-0.2, 0) is 6.42 Å². The second-order valence-electron chi connectivity index (χ2n) is 5.68. The number of benzene rings is 2. The monoisotopic (exact) mass is 332 g/mol. The molecule has 2 aromatic carbocycles. The van der Waals surface area contributed by atoms with E-state index in [2.05, 4.69) is 29.0 Å². The minimum atomic E-state index is 0.0188. The largest absolute Gasteiger partial charge is 0.342 e. The van der Waals surface area contributed by atoms with E-state index >= 15 is 0 Å². The van der Waals surface area contributed by atoms with E-state index in [9.17, 15) is 0 Å². The van der Waals surface area contributed by atoms with Crippen LogP contribution in [0.3, 0.4) is 0 Å². The minimum Gasteiger partial charge on any atom is -0.342 e. The summed E-state index contributed by atoms with van der Waals surface area (Å²) < 4.78 is 2.22. The Labute approximate surface area is 140 Å². The van der Waals surface area contributed by atoms with E-state index in [-0.39, 0.29) is 12.1 Å².